The number of Topliss-reactive ketones (excluding diaryl/α,β-unsaturated/α-hetero) is 1. The van der Waals surface area contributed by atoms with Gasteiger partial charge in [-0.1, -0.05) is 30.4 Å². The number of hydrogen-bond acceptors (Lipinski definition) is 6. The van der Waals surface area contributed by atoms with Gasteiger partial charge < -0.3 is 14.8 Å². The number of aromatic nitrogens is 1. The van der Waals surface area contributed by atoms with Crippen LogP contribution in [0, 0.1) is 5.92 Å². The summed E-state index contributed by atoms with van der Waals surface area (Å²) in [4.78, 5) is 17.6. The molecule has 6 heteroatoms. The number of rotatable bonds is 6. The number of benzene rings is 1. The molecule has 0 saturated heterocycles. The molecular formula is C25H26N2O3S. The molecule has 5 nitrogen and oxygen atoms in total. The van der Waals surface area contributed by atoms with Gasteiger partial charge in [-0.15, -0.1) is 11.3 Å². The van der Waals surface area contributed by atoms with Crippen LogP contribution in [0.2, 0.25) is 0 Å². The number of thiazole rings is 1. The Labute approximate surface area is 186 Å². The molecule has 1 N–H and O–H groups in total. The fourth-order valence-corrected chi connectivity index (χ4v) is 5.54. The van der Waals surface area contributed by atoms with E-state index in [0.29, 0.717) is 11.0 Å². The lowest BCUT2D eigenvalue weighted by Crippen LogP contribution is -2.44. The van der Waals surface area contributed by atoms with E-state index < -0.39 is 0 Å². The van der Waals surface area contributed by atoms with E-state index in [2.05, 4.69) is 28.5 Å². The Morgan fingerprint density at radius 1 is 1.16 bits per heavy atom. The summed E-state index contributed by atoms with van der Waals surface area (Å²) in [7, 11) is 0. The van der Waals surface area contributed by atoms with Crippen molar-refractivity contribution < 1.29 is 14.3 Å². The van der Waals surface area contributed by atoms with Gasteiger partial charge in [0.05, 0.1) is 16.3 Å². The highest BCUT2D eigenvalue weighted by Crippen LogP contribution is 2.32. The number of para-hydroxylation sites is 1. The zero-order valence-electron chi connectivity index (χ0n) is 17.3. The van der Waals surface area contributed by atoms with Crippen LogP contribution in [0.15, 0.2) is 72.6 Å². The molecule has 1 saturated carbocycles. The van der Waals surface area contributed by atoms with Crippen molar-refractivity contribution >= 4 is 27.3 Å². The SMILES string of the molecule is O=C(c1nc2ccccc2s1)C1CCC(NC(C2=CC=CCC2)C2=COC=CO2)CC1. The van der Waals surface area contributed by atoms with Gasteiger partial charge in [-0.3, -0.25) is 4.79 Å². The van der Waals surface area contributed by atoms with Gasteiger partial charge in [0.1, 0.15) is 18.8 Å². The number of ketones is 1. The molecule has 0 spiro atoms. The average Bonchev–Trinajstić information content (AvgIpc) is 3.28. The van der Waals surface area contributed by atoms with E-state index in [-0.39, 0.29) is 17.7 Å². The summed E-state index contributed by atoms with van der Waals surface area (Å²) in [5.74, 6) is 1.05. The Hall–Kier alpha value is -2.70. The maximum Gasteiger partial charge on any atom is 0.194 e. The lowest BCUT2D eigenvalue weighted by Gasteiger charge is -2.33. The summed E-state index contributed by atoms with van der Waals surface area (Å²) < 4.78 is 12.2. The molecule has 5 rings (SSSR count). The molecule has 3 aliphatic rings. The Bertz CT molecular complexity index is 1040. The number of nitrogens with one attached hydrogen (secondary N) is 1. The predicted octanol–water partition coefficient (Wildman–Crippen LogP) is 5.63. The highest BCUT2D eigenvalue weighted by atomic mass is 32.1. The average molecular weight is 435 g/mol. The van der Waals surface area contributed by atoms with E-state index in [1.807, 2.05) is 24.3 Å². The molecule has 0 radical (unpaired) electrons. The fourth-order valence-electron chi connectivity index (χ4n) is 4.55. The predicted molar refractivity (Wildman–Crippen MR) is 122 cm³/mol. The number of carbonyl (C=O) groups excluding carboxylic acids is 1. The Kier molecular flexibility index (Phi) is 6.00. The Morgan fingerprint density at radius 2 is 2.03 bits per heavy atom. The topological polar surface area (TPSA) is 60.5 Å². The van der Waals surface area contributed by atoms with E-state index in [9.17, 15) is 4.79 Å². The van der Waals surface area contributed by atoms with Crippen molar-refractivity contribution in [3.05, 3.63) is 77.6 Å². The van der Waals surface area contributed by atoms with Gasteiger partial charge in [0.2, 0.25) is 0 Å². The molecule has 0 bridgehead atoms. The lowest BCUT2D eigenvalue weighted by atomic mass is 9.83. The number of nitrogens with zero attached hydrogens (tertiary/aromatic N) is 1. The molecule has 160 valence electrons. The normalized spacial score (nSPS) is 24.1. The van der Waals surface area contributed by atoms with Gasteiger partial charge in [-0.05, 0) is 56.2 Å². The van der Waals surface area contributed by atoms with Crippen LogP contribution in [-0.4, -0.2) is 22.9 Å². The minimum absolute atomic E-state index is 0.00332. The van der Waals surface area contributed by atoms with E-state index >= 15 is 0 Å². The van der Waals surface area contributed by atoms with E-state index in [0.717, 1.165) is 54.5 Å². The van der Waals surface area contributed by atoms with Crippen LogP contribution in [0.1, 0.15) is 48.3 Å². The van der Waals surface area contributed by atoms with Crippen LogP contribution in [0.4, 0.5) is 0 Å². The third kappa shape index (κ3) is 4.50. The maximum absolute atomic E-state index is 13.1. The van der Waals surface area contributed by atoms with E-state index in [1.54, 1.807) is 12.5 Å². The zero-order chi connectivity index (χ0) is 21.0. The minimum atomic E-state index is -0.00332. The first kappa shape index (κ1) is 20.2. The summed E-state index contributed by atoms with van der Waals surface area (Å²) in [6.45, 7) is 0. The van der Waals surface area contributed by atoms with E-state index in [1.165, 1.54) is 23.2 Å². The van der Waals surface area contributed by atoms with Gasteiger partial charge >= 0.3 is 0 Å². The largest absolute Gasteiger partial charge is 0.466 e. The number of fused-ring (bicyclic) bond motifs is 1. The summed E-state index contributed by atoms with van der Waals surface area (Å²) in [6, 6.07) is 8.29. The molecular weight excluding hydrogens is 408 g/mol. The molecule has 2 aromatic rings. The number of allylic oxidation sites excluding steroid dienone is 3. The van der Waals surface area contributed by atoms with Gasteiger partial charge in [0.25, 0.3) is 0 Å². The smallest absolute Gasteiger partial charge is 0.194 e. The van der Waals surface area contributed by atoms with Gasteiger partial charge in [-0.2, -0.15) is 0 Å². The van der Waals surface area contributed by atoms with Crippen molar-refractivity contribution in [2.45, 2.75) is 50.6 Å². The van der Waals surface area contributed by atoms with Gasteiger partial charge in [-0.25, -0.2) is 4.98 Å². The Morgan fingerprint density at radius 3 is 2.77 bits per heavy atom. The molecule has 1 aromatic heterocycles. The summed E-state index contributed by atoms with van der Waals surface area (Å²) in [5, 5.41) is 4.43. The minimum Gasteiger partial charge on any atom is -0.466 e. The maximum atomic E-state index is 13.1. The number of hydrogen-bond donors (Lipinski definition) is 1. The molecule has 1 atom stereocenters. The van der Waals surface area contributed by atoms with Crippen molar-refractivity contribution in [2.75, 3.05) is 0 Å². The molecule has 1 aromatic carbocycles. The molecule has 2 aliphatic carbocycles. The highest BCUT2D eigenvalue weighted by Gasteiger charge is 2.32. The second-order valence-corrected chi connectivity index (χ2v) is 9.28. The van der Waals surface area contributed by atoms with Crippen molar-refractivity contribution in [3.63, 3.8) is 0 Å². The van der Waals surface area contributed by atoms with Crippen LogP contribution >= 0.6 is 11.3 Å². The van der Waals surface area contributed by atoms with Crippen molar-refractivity contribution in [2.24, 2.45) is 5.92 Å². The quantitative estimate of drug-likeness (QED) is 0.597. The summed E-state index contributed by atoms with van der Waals surface area (Å²) in [5.41, 5.74) is 2.22. The number of carbonyl (C=O) groups is 1. The Balaban J connectivity index is 1.23. The molecule has 1 unspecified atom stereocenters. The van der Waals surface area contributed by atoms with Crippen molar-refractivity contribution in [3.8, 4) is 0 Å². The van der Waals surface area contributed by atoms with Crippen LogP contribution in [-0.2, 0) is 9.47 Å². The summed E-state index contributed by atoms with van der Waals surface area (Å²) >= 11 is 1.51. The molecule has 2 heterocycles. The second-order valence-electron chi connectivity index (χ2n) is 8.25. The standard InChI is InChI=1S/C25H26N2O3S/c28-24(25-27-20-8-4-5-9-22(20)31-25)18-10-12-19(13-11-18)26-23(17-6-2-1-3-7-17)21-16-29-14-15-30-21/h1-2,4-6,8-9,14-16,18-19,23,26H,3,7,10-13H2. The molecule has 1 fully saturated rings. The molecule has 0 amide bonds. The van der Waals surface area contributed by atoms with Gasteiger partial charge in [0, 0.05) is 12.0 Å². The van der Waals surface area contributed by atoms with E-state index in [4.69, 9.17) is 9.47 Å². The molecule has 31 heavy (non-hydrogen) atoms. The summed E-state index contributed by atoms with van der Waals surface area (Å²) in [6.07, 6.45) is 17.0. The first-order chi connectivity index (χ1) is 15.3. The zero-order valence-corrected chi connectivity index (χ0v) is 18.1. The van der Waals surface area contributed by atoms with Crippen LogP contribution in [0.5, 0.6) is 0 Å². The first-order valence-corrected chi connectivity index (χ1v) is 11.8. The van der Waals surface area contributed by atoms with Gasteiger partial charge in [0.15, 0.2) is 16.6 Å². The second kappa shape index (κ2) is 9.20. The van der Waals surface area contributed by atoms with Crippen LogP contribution in [0.25, 0.3) is 10.2 Å². The fraction of sp³-hybridized carbons (Fsp3) is 0.360. The first-order valence-electron chi connectivity index (χ1n) is 11.0. The van der Waals surface area contributed by atoms with Crippen molar-refractivity contribution in [1.82, 2.24) is 10.3 Å². The van der Waals surface area contributed by atoms with Crippen LogP contribution in [0.3, 0.4) is 0 Å². The third-order valence-corrected chi connectivity index (χ3v) is 7.28. The third-order valence-electron chi connectivity index (χ3n) is 6.23. The monoisotopic (exact) mass is 434 g/mol. The van der Waals surface area contributed by atoms with Crippen molar-refractivity contribution in [1.29, 1.82) is 0 Å². The highest BCUT2D eigenvalue weighted by molar-refractivity contribution is 7.20. The lowest BCUT2D eigenvalue weighted by molar-refractivity contribution is 0.0877. The number of ether oxygens (including phenoxy) is 2. The van der Waals surface area contributed by atoms with Crippen LogP contribution < -0.4 is 5.32 Å². The molecule has 1 aliphatic heterocycles.